The van der Waals surface area contributed by atoms with Gasteiger partial charge < -0.3 is 14.2 Å². The zero-order chi connectivity index (χ0) is 23.2. The number of rotatable bonds is 10. The number of pyridine rings is 1. The van der Waals surface area contributed by atoms with E-state index in [1.165, 1.54) is 22.3 Å². The highest BCUT2D eigenvalue weighted by Gasteiger charge is 2.15. The summed E-state index contributed by atoms with van der Waals surface area (Å²) in [4.78, 5) is 4.42. The minimum atomic E-state index is 0.295. The van der Waals surface area contributed by atoms with E-state index in [4.69, 9.17) is 14.2 Å². The van der Waals surface area contributed by atoms with Crippen molar-refractivity contribution in [2.45, 2.75) is 72.5 Å². The number of aromatic nitrogens is 1. The Balaban J connectivity index is 1.49. The van der Waals surface area contributed by atoms with Crippen LogP contribution in [-0.2, 0) is 13.0 Å². The molecule has 2 aromatic carbocycles. The third kappa shape index (κ3) is 5.68. The monoisotopic (exact) mass is 445 g/mol. The van der Waals surface area contributed by atoms with Gasteiger partial charge in [0.15, 0.2) is 0 Å². The number of benzene rings is 2. The summed E-state index contributed by atoms with van der Waals surface area (Å²) in [6, 6.07) is 14.8. The number of hydrogen-bond acceptors (Lipinski definition) is 4. The number of ether oxygens (including phenoxy) is 3. The Morgan fingerprint density at radius 2 is 1.76 bits per heavy atom. The van der Waals surface area contributed by atoms with Crippen molar-refractivity contribution in [2.24, 2.45) is 0 Å². The third-order valence-electron chi connectivity index (χ3n) is 6.18. The van der Waals surface area contributed by atoms with E-state index in [9.17, 15) is 0 Å². The lowest BCUT2D eigenvalue weighted by molar-refractivity contribution is 0.178. The Kier molecular flexibility index (Phi) is 7.54. The lowest BCUT2D eigenvalue weighted by Crippen LogP contribution is -2.16. The average molecular weight is 446 g/mol. The third-order valence-corrected chi connectivity index (χ3v) is 6.18. The van der Waals surface area contributed by atoms with E-state index >= 15 is 0 Å². The second kappa shape index (κ2) is 10.7. The van der Waals surface area contributed by atoms with Gasteiger partial charge in [0.1, 0.15) is 18.1 Å². The van der Waals surface area contributed by atoms with Gasteiger partial charge in [0.25, 0.3) is 0 Å². The fourth-order valence-corrected chi connectivity index (χ4v) is 4.64. The molecule has 0 spiro atoms. The van der Waals surface area contributed by atoms with E-state index in [0.717, 1.165) is 61.3 Å². The molecule has 3 aromatic rings. The standard InChI is InChI=1S/C29H35NO3/c1-5-8-25(9-6-2)33-26-14-20(3)29(21(4)15-26)23-11-7-10-22(16-23)19-32-28-17-27-24(18-30-28)12-13-31-27/h7,10-11,14-18,25H,5-6,8-9,12-13,19H2,1-4H3. The first-order chi connectivity index (χ1) is 16.1. The van der Waals surface area contributed by atoms with Crippen molar-refractivity contribution in [1.29, 1.82) is 0 Å². The van der Waals surface area contributed by atoms with Gasteiger partial charge >= 0.3 is 0 Å². The second-order valence-corrected chi connectivity index (χ2v) is 8.97. The summed E-state index contributed by atoms with van der Waals surface area (Å²) in [5, 5.41) is 0. The molecule has 4 nitrogen and oxygen atoms in total. The van der Waals surface area contributed by atoms with E-state index in [2.05, 4.69) is 69.1 Å². The molecule has 174 valence electrons. The molecule has 0 aliphatic carbocycles. The Bertz CT molecular complexity index is 1060. The molecule has 0 N–H and O–H groups in total. The summed E-state index contributed by atoms with van der Waals surface area (Å²) in [7, 11) is 0. The molecule has 1 aliphatic heterocycles. The lowest BCUT2D eigenvalue weighted by Gasteiger charge is -2.20. The minimum absolute atomic E-state index is 0.295. The van der Waals surface area contributed by atoms with Gasteiger partial charge in [-0.05, 0) is 72.7 Å². The van der Waals surface area contributed by atoms with Crippen LogP contribution < -0.4 is 14.2 Å². The molecular formula is C29H35NO3. The highest BCUT2D eigenvalue weighted by atomic mass is 16.5. The molecule has 0 atom stereocenters. The topological polar surface area (TPSA) is 40.6 Å². The number of nitrogens with zero attached hydrogens (tertiary/aromatic N) is 1. The highest BCUT2D eigenvalue weighted by molar-refractivity contribution is 5.72. The predicted octanol–water partition coefficient (Wildman–Crippen LogP) is 7.23. The van der Waals surface area contributed by atoms with Crippen LogP contribution >= 0.6 is 0 Å². The van der Waals surface area contributed by atoms with E-state index in [1.807, 2.05) is 12.3 Å². The van der Waals surface area contributed by atoms with Crippen LogP contribution in [0.1, 0.15) is 61.8 Å². The molecule has 0 saturated carbocycles. The first kappa shape index (κ1) is 23.2. The first-order valence-corrected chi connectivity index (χ1v) is 12.2. The quantitative estimate of drug-likeness (QED) is 0.330. The fraction of sp³-hybridized carbons (Fsp3) is 0.414. The highest BCUT2D eigenvalue weighted by Crippen LogP contribution is 2.33. The van der Waals surface area contributed by atoms with E-state index in [0.29, 0.717) is 18.6 Å². The summed E-state index contributed by atoms with van der Waals surface area (Å²) in [5.41, 5.74) is 7.18. The van der Waals surface area contributed by atoms with E-state index < -0.39 is 0 Å². The molecule has 0 amide bonds. The summed E-state index contributed by atoms with van der Waals surface area (Å²) >= 11 is 0. The molecule has 0 fully saturated rings. The maximum Gasteiger partial charge on any atom is 0.217 e. The zero-order valence-corrected chi connectivity index (χ0v) is 20.3. The van der Waals surface area contributed by atoms with Crippen molar-refractivity contribution < 1.29 is 14.2 Å². The maximum absolute atomic E-state index is 6.35. The van der Waals surface area contributed by atoms with Crippen LogP contribution in [0.15, 0.2) is 48.7 Å². The van der Waals surface area contributed by atoms with Gasteiger partial charge in [-0.25, -0.2) is 4.98 Å². The van der Waals surface area contributed by atoms with Crippen LogP contribution in [0.25, 0.3) is 11.1 Å². The Morgan fingerprint density at radius 1 is 1.00 bits per heavy atom. The van der Waals surface area contributed by atoms with Gasteiger partial charge in [0, 0.05) is 24.2 Å². The van der Waals surface area contributed by atoms with Gasteiger partial charge in [-0.1, -0.05) is 44.9 Å². The van der Waals surface area contributed by atoms with Gasteiger partial charge in [0.05, 0.1) is 12.7 Å². The molecule has 0 saturated heterocycles. The van der Waals surface area contributed by atoms with Crippen LogP contribution in [-0.4, -0.2) is 17.7 Å². The van der Waals surface area contributed by atoms with Crippen molar-refractivity contribution in [3.8, 4) is 28.5 Å². The molecule has 2 heterocycles. The van der Waals surface area contributed by atoms with Crippen molar-refractivity contribution >= 4 is 0 Å². The minimum Gasteiger partial charge on any atom is -0.493 e. The average Bonchev–Trinajstić information content (AvgIpc) is 3.26. The molecule has 0 bridgehead atoms. The lowest BCUT2D eigenvalue weighted by atomic mass is 9.94. The summed E-state index contributed by atoms with van der Waals surface area (Å²) in [5.74, 6) is 2.47. The van der Waals surface area contributed by atoms with E-state index in [1.54, 1.807) is 0 Å². The van der Waals surface area contributed by atoms with Crippen molar-refractivity contribution in [3.05, 3.63) is 70.9 Å². The van der Waals surface area contributed by atoms with Gasteiger partial charge in [0.2, 0.25) is 5.88 Å². The van der Waals surface area contributed by atoms with Gasteiger partial charge in [-0.2, -0.15) is 0 Å². The summed E-state index contributed by atoms with van der Waals surface area (Å²) in [6.07, 6.45) is 7.55. The van der Waals surface area contributed by atoms with Crippen LogP contribution in [0.2, 0.25) is 0 Å². The van der Waals surface area contributed by atoms with Crippen LogP contribution in [0, 0.1) is 13.8 Å². The normalized spacial score (nSPS) is 12.5. The van der Waals surface area contributed by atoms with E-state index in [-0.39, 0.29) is 0 Å². The molecule has 1 aliphatic rings. The molecule has 33 heavy (non-hydrogen) atoms. The molecule has 4 heteroatoms. The molecule has 0 unspecified atom stereocenters. The summed E-state index contributed by atoms with van der Waals surface area (Å²) in [6.45, 7) is 9.97. The predicted molar refractivity (Wildman–Crippen MR) is 133 cm³/mol. The first-order valence-electron chi connectivity index (χ1n) is 12.2. The van der Waals surface area contributed by atoms with Crippen molar-refractivity contribution in [2.75, 3.05) is 6.61 Å². The number of aryl methyl sites for hydroxylation is 2. The van der Waals surface area contributed by atoms with Gasteiger partial charge in [-0.15, -0.1) is 0 Å². The molecular weight excluding hydrogens is 410 g/mol. The number of hydrogen-bond donors (Lipinski definition) is 0. The maximum atomic E-state index is 6.35. The molecule has 0 radical (unpaired) electrons. The number of fused-ring (bicyclic) bond motifs is 1. The van der Waals surface area contributed by atoms with Crippen LogP contribution in [0.3, 0.4) is 0 Å². The Morgan fingerprint density at radius 3 is 2.48 bits per heavy atom. The second-order valence-electron chi connectivity index (χ2n) is 8.97. The van der Waals surface area contributed by atoms with Crippen LogP contribution in [0.4, 0.5) is 0 Å². The Labute approximate surface area is 197 Å². The zero-order valence-electron chi connectivity index (χ0n) is 20.3. The molecule has 4 rings (SSSR count). The largest absolute Gasteiger partial charge is 0.493 e. The summed E-state index contributed by atoms with van der Waals surface area (Å²) < 4.78 is 17.9. The Hall–Kier alpha value is -3.01. The van der Waals surface area contributed by atoms with Crippen molar-refractivity contribution in [3.63, 3.8) is 0 Å². The smallest absolute Gasteiger partial charge is 0.217 e. The van der Waals surface area contributed by atoms with Crippen LogP contribution in [0.5, 0.6) is 17.4 Å². The molecule has 1 aromatic heterocycles. The SMILES string of the molecule is CCCC(CCC)Oc1cc(C)c(-c2cccc(COc3cc4c(cn3)CCO4)c2)c(C)c1. The fourth-order valence-electron chi connectivity index (χ4n) is 4.64. The van der Waals surface area contributed by atoms with Gasteiger partial charge in [-0.3, -0.25) is 0 Å². The van der Waals surface area contributed by atoms with Crippen molar-refractivity contribution in [1.82, 2.24) is 4.98 Å².